The van der Waals surface area contributed by atoms with Gasteiger partial charge < -0.3 is 19.9 Å². The zero-order chi connectivity index (χ0) is 18.2. The molecule has 1 aromatic heterocycles. The standard InChI is InChI=1S/C16H15N2O6P/c1-18-15-11-7-9(8-23-25(20,21)22)5-6-12(11)24-13-4-2-3-10(14(13)15)16(17)19/h2-7H,8H2,1H3,(H2,17,19)(H2,20,21,22)/b18-15-. The van der Waals surface area contributed by atoms with Crippen molar-refractivity contribution in [2.75, 3.05) is 7.05 Å². The summed E-state index contributed by atoms with van der Waals surface area (Å²) in [5.41, 5.74) is 7.21. The molecule has 0 spiro atoms. The number of nitrogens with zero attached hydrogens (tertiary/aromatic N) is 1. The highest BCUT2D eigenvalue weighted by atomic mass is 31.2. The van der Waals surface area contributed by atoms with E-state index in [9.17, 15) is 9.36 Å². The van der Waals surface area contributed by atoms with E-state index < -0.39 is 13.7 Å². The minimum absolute atomic E-state index is 0.278. The van der Waals surface area contributed by atoms with E-state index in [-0.39, 0.29) is 12.2 Å². The summed E-state index contributed by atoms with van der Waals surface area (Å²) in [6.45, 7) is -0.279. The first-order valence-electron chi connectivity index (χ1n) is 7.21. The van der Waals surface area contributed by atoms with Gasteiger partial charge in [-0.1, -0.05) is 12.1 Å². The zero-order valence-corrected chi connectivity index (χ0v) is 14.1. The highest BCUT2D eigenvalue weighted by Crippen LogP contribution is 2.37. The average Bonchev–Trinajstić information content (AvgIpc) is 2.56. The molecule has 1 amide bonds. The van der Waals surface area contributed by atoms with Gasteiger partial charge in [-0.15, -0.1) is 0 Å². The third kappa shape index (κ3) is 3.47. The number of benzene rings is 2. The van der Waals surface area contributed by atoms with E-state index in [4.69, 9.17) is 19.9 Å². The van der Waals surface area contributed by atoms with Crippen molar-refractivity contribution in [2.24, 2.45) is 10.7 Å². The lowest BCUT2D eigenvalue weighted by Gasteiger charge is -2.09. The zero-order valence-electron chi connectivity index (χ0n) is 13.2. The number of phosphoric ester groups is 1. The molecule has 4 N–H and O–H groups in total. The van der Waals surface area contributed by atoms with Gasteiger partial charge in [0.25, 0.3) is 0 Å². The summed E-state index contributed by atoms with van der Waals surface area (Å²) in [5, 5.41) is 1.57. The number of fused-ring (bicyclic) bond motifs is 2. The Morgan fingerprint density at radius 3 is 2.68 bits per heavy atom. The predicted octanol–water partition coefficient (Wildman–Crippen LogP) is 1.82. The van der Waals surface area contributed by atoms with Crippen molar-refractivity contribution in [1.82, 2.24) is 0 Å². The van der Waals surface area contributed by atoms with Crippen LogP contribution in [0, 0.1) is 0 Å². The van der Waals surface area contributed by atoms with Gasteiger partial charge in [0, 0.05) is 12.4 Å². The molecule has 1 heterocycles. The van der Waals surface area contributed by atoms with E-state index in [1.165, 1.54) is 0 Å². The summed E-state index contributed by atoms with van der Waals surface area (Å²) in [6.07, 6.45) is 0. The van der Waals surface area contributed by atoms with Crippen LogP contribution < -0.4 is 11.1 Å². The van der Waals surface area contributed by atoms with Gasteiger partial charge in [0.15, 0.2) is 0 Å². The van der Waals surface area contributed by atoms with Gasteiger partial charge in [0.1, 0.15) is 11.2 Å². The number of nitrogens with two attached hydrogens (primary N) is 1. The van der Waals surface area contributed by atoms with Gasteiger partial charge in [0.05, 0.1) is 22.9 Å². The van der Waals surface area contributed by atoms with Gasteiger partial charge >= 0.3 is 7.82 Å². The van der Waals surface area contributed by atoms with Gasteiger partial charge in [-0.25, -0.2) is 4.57 Å². The van der Waals surface area contributed by atoms with Crippen LogP contribution in [0.4, 0.5) is 0 Å². The Morgan fingerprint density at radius 2 is 2.04 bits per heavy atom. The average molecular weight is 362 g/mol. The first-order chi connectivity index (χ1) is 11.8. The number of phosphoric acid groups is 1. The van der Waals surface area contributed by atoms with Crippen LogP contribution in [-0.2, 0) is 15.7 Å². The summed E-state index contributed by atoms with van der Waals surface area (Å²) in [5.74, 6) is -0.606. The van der Waals surface area contributed by atoms with Crippen LogP contribution in [0.2, 0.25) is 0 Å². The lowest BCUT2D eigenvalue weighted by Crippen LogP contribution is -2.16. The second-order valence-electron chi connectivity index (χ2n) is 5.31. The Kier molecular flexibility index (Phi) is 4.45. The topological polar surface area (TPSA) is 135 Å². The minimum atomic E-state index is -4.58. The monoisotopic (exact) mass is 362 g/mol. The van der Waals surface area contributed by atoms with Crippen molar-refractivity contribution in [3.05, 3.63) is 52.9 Å². The van der Waals surface area contributed by atoms with Crippen LogP contribution in [0.15, 0.2) is 45.8 Å². The lowest BCUT2D eigenvalue weighted by molar-refractivity contribution is 0.100. The first kappa shape index (κ1) is 17.3. The molecule has 0 atom stereocenters. The van der Waals surface area contributed by atoms with Gasteiger partial charge in [-0.05, 0) is 29.8 Å². The minimum Gasteiger partial charge on any atom is -0.456 e. The summed E-state index contributed by atoms with van der Waals surface area (Å²) in [6, 6.07) is 9.89. The van der Waals surface area contributed by atoms with Crippen molar-refractivity contribution >= 4 is 35.7 Å². The van der Waals surface area contributed by atoms with E-state index in [0.717, 1.165) is 0 Å². The van der Waals surface area contributed by atoms with E-state index >= 15 is 0 Å². The third-order valence-electron chi connectivity index (χ3n) is 3.67. The summed E-state index contributed by atoms with van der Waals surface area (Å²) in [7, 11) is -3.00. The molecule has 0 bridgehead atoms. The van der Waals surface area contributed by atoms with Crippen LogP contribution >= 0.6 is 7.82 Å². The summed E-state index contributed by atoms with van der Waals surface area (Å²) in [4.78, 5) is 33.7. The fourth-order valence-corrected chi connectivity index (χ4v) is 2.97. The first-order valence-corrected chi connectivity index (χ1v) is 8.74. The SMILES string of the molecule is C/N=c1/c2cc(COP(=O)(O)O)ccc2oc2cccc(C(N)=O)c12. The van der Waals surface area contributed by atoms with Crippen LogP contribution in [0.25, 0.3) is 21.9 Å². The molecule has 3 rings (SSSR count). The third-order valence-corrected chi connectivity index (χ3v) is 4.14. The number of carbonyl (C=O) groups is 1. The maximum atomic E-state index is 11.7. The maximum Gasteiger partial charge on any atom is 0.469 e. The fraction of sp³-hybridized carbons (Fsp3) is 0.125. The van der Waals surface area contributed by atoms with Crippen molar-refractivity contribution < 1.29 is 28.1 Å². The smallest absolute Gasteiger partial charge is 0.456 e. The molecule has 25 heavy (non-hydrogen) atoms. The van der Waals surface area contributed by atoms with Crippen LogP contribution in [0.5, 0.6) is 0 Å². The van der Waals surface area contributed by atoms with E-state index in [1.54, 1.807) is 43.4 Å². The second kappa shape index (κ2) is 6.42. The van der Waals surface area contributed by atoms with Gasteiger partial charge in [-0.3, -0.25) is 14.3 Å². The van der Waals surface area contributed by atoms with Crippen molar-refractivity contribution in [1.29, 1.82) is 0 Å². The molecule has 2 aromatic carbocycles. The predicted molar refractivity (Wildman–Crippen MR) is 90.6 cm³/mol. The maximum absolute atomic E-state index is 11.7. The van der Waals surface area contributed by atoms with E-state index in [1.807, 2.05) is 0 Å². The van der Waals surface area contributed by atoms with E-state index in [2.05, 4.69) is 9.52 Å². The molecule has 0 aliphatic carbocycles. The Hall–Kier alpha value is -2.51. The van der Waals surface area contributed by atoms with Gasteiger partial charge in [-0.2, -0.15) is 0 Å². The molecular formula is C16H15N2O6P. The number of primary amides is 1. The second-order valence-corrected chi connectivity index (χ2v) is 6.55. The van der Waals surface area contributed by atoms with Crippen molar-refractivity contribution in [2.45, 2.75) is 6.61 Å². The Balaban J connectivity index is 2.29. The molecule has 0 saturated heterocycles. The fourth-order valence-electron chi connectivity index (χ4n) is 2.65. The molecule has 0 aliphatic heterocycles. The largest absolute Gasteiger partial charge is 0.469 e. The molecule has 130 valence electrons. The number of hydrogen-bond donors (Lipinski definition) is 3. The summed E-state index contributed by atoms with van der Waals surface area (Å²) >= 11 is 0. The molecule has 0 unspecified atom stereocenters. The number of hydrogen-bond acceptors (Lipinski definition) is 5. The Morgan fingerprint density at radius 1 is 1.28 bits per heavy atom. The number of rotatable bonds is 4. The molecule has 9 heteroatoms. The number of carbonyl (C=O) groups excluding carboxylic acids is 1. The molecule has 3 aromatic rings. The van der Waals surface area contributed by atoms with Crippen molar-refractivity contribution in [3.63, 3.8) is 0 Å². The van der Waals surface area contributed by atoms with Crippen molar-refractivity contribution in [3.8, 4) is 0 Å². The molecular weight excluding hydrogens is 347 g/mol. The number of amides is 1. The Labute approximate surface area is 141 Å². The quantitative estimate of drug-likeness (QED) is 0.478. The molecule has 8 nitrogen and oxygen atoms in total. The van der Waals surface area contributed by atoms with E-state index in [0.29, 0.717) is 32.9 Å². The highest BCUT2D eigenvalue weighted by molar-refractivity contribution is 7.46. The van der Waals surface area contributed by atoms with Gasteiger partial charge in [0.2, 0.25) is 5.91 Å². The highest BCUT2D eigenvalue weighted by Gasteiger charge is 2.16. The Bertz CT molecular complexity index is 1100. The molecule has 0 radical (unpaired) electrons. The van der Waals surface area contributed by atoms with Crippen LogP contribution in [0.1, 0.15) is 15.9 Å². The molecule has 0 fully saturated rings. The molecule has 0 aliphatic rings. The van der Waals surface area contributed by atoms with Crippen LogP contribution in [-0.4, -0.2) is 22.7 Å². The van der Waals surface area contributed by atoms with Crippen LogP contribution in [0.3, 0.4) is 0 Å². The normalized spacial score (nSPS) is 12.8. The summed E-state index contributed by atoms with van der Waals surface area (Å²) < 4.78 is 21.2. The lowest BCUT2D eigenvalue weighted by atomic mass is 10.0. The molecule has 0 saturated carbocycles.